The lowest BCUT2D eigenvalue weighted by Crippen LogP contribution is -2.27. The molecule has 0 N–H and O–H groups in total. The van der Waals surface area contributed by atoms with Gasteiger partial charge in [-0.25, -0.2) is 0 Å². The molecule has 100 valence electrons. The number of ketones is 1. The van der Waals surface area contributed by atoms with E-state index in [1.54, 1.807) is 11.3 Å². The molecule has 0 aromatic carbocycles. The summed E-state index contributed by atoms with van der Waals surface area (Å²) in [7, 11) is 0. The van der Waals surface area contributed by atoms with Crippen LogP contribution in [0.25, 0.3) is 5.13 Å². The van der Waals surface area contributed by atoms with Gasteiger partial charge in [0.05, 0.1) is 0 Å². The van der Waals surface area contributed by atoms with Crippen molar-refractivity contribution in [2.75, 3.05) is 0 Å². The van der Waals surface area contributed by atoms with Crippen molar-refractivity contribution in [2.45, 2.75) is 40.5 Å². The van der Waals surface area contributed by atoms with Crippen LogP contribution >= 0.6 is 11.3 Å². The van der Waals surface area contributed by atoms with Crippen molar-refractivity contribution in [3.05, 3.63) is 28.0 Å². The maximum Gasteiger partial charge on any atom is 0.216 e. The summed E-state index contributed by atoms with van der Waals surface area (Å²) in [6.45, 7) is 8.26. The van der Waals surface area contributed by atoms with E-state index in [2.05, 4.69) is 28.6 Å². The predicted octanol–water partition coefficient (Wildman–Crippen LogP) is 3.10. The van der Waals surface area contributed by atoms with E-state index in [0.717, 1.165) is 33.5 Å². The Labute approximate surface area is 116 Å². The van der Waals surface area contributed by atoms with Crippen molar-refractivity contribution in [2.24, 2.45) is 5.41 Å². The molecule has 2 heterocycles. The van der Waals surface area contributed by atoms with Crippen LogP contribution in [0.5, 0.6) is 0 Å². The van der Waals surface area contributed by atoms with Crippen molar-refractivity contribution >= 4 is 17.1 Å². The molecule has 0 saturated heterocycles. The molecule has 3 rings (SSSR count). The summed E-state index contributed by atoms with van der Waals surface area (Å²) in [5, 5.41) is 10.1. The highest BCUT2D eigenvalue weighted by molar-refractivity contribution is 7.13. The lowest BCUT2D eigenvalue weighted by Gasteiger charge is -2.29. The second-order valence-electron chi connectivity index (χ2n) is 6.03. The third-order valence-corrected chi connectivity index (χ3v) is 4.40. The first-order chi connectivity index (χ1) is 8.87. The van der Waals surface area contributed by atoms with Gasteiger partial charge in [0.2, 0.25) is 5.13 Å². The summed E-state index contributed by atoms with van der Waals surface area (Å²) in [5.41, 5.74) is 3.04. The standard InChI is InChI=1S/C14H17N3OS/c1-8-5-10-11(6-14(3,4)7-12(10)18)17(8)13-16-15-9(2)19-13/h5H,6-7H2,1-4H3. The minimum absolute atomic E-state index is 0.0202. The molecule has 1 aliphatic rings. The number of hydrogen-bond acceptors (Lipinski definition) is 4. The van der Waals surface area contributed by atoms with Crippen LogP contribution in [0, 0.1) is 19.3 Å². The van der Waals surface area contributed by atoms with Gasteiger partial charge in [-0.05, 0) is 31.7 Å². The minimum atomic E-state index is 0.0202. The summed E-state index contributed by atoms with van der Waals surface area (Å²) in [6.07, 6.45) is 1.53. The molecular formula is C14H17N3OS. The van der Waals surface area contributed by atoms with Crippen molar-refractivity contribution in [3.8, 4) is 5.13 Å². The maximum atomic E-state index is 12.3. The maximum absolute atomic E-state index is 12.3. The van der Waals surface area contributed by atoms with Crippen molar-refractivity contribution in [1.82, 2.24) is 14.8 Å². The van der Waals surface area contributed by atoms with E-state index < -0.39 is 0 Å². The number of hydrogen-bond donors (Lipinski definition) is 0. The van der Waals surface area contributed by atoms with Gasteiger partial charge in [0.25, 0.3) is 0 Å². The predicted molar refractivity (Wildman–Crippen MR) is 75.1 cm³/mol. The summed E-state index contributed by atoms with van der Waals surface area (Å²) in [4.78, 5) is 12.3. The van der Waals surface area contributed by atoms with Gasteiger partial charge in [0.15, 0.2) is 5.78 Å². The van der Waals surface area contributed by atoms with E-state index in [4.69, 9.17) is 0 Å². The molecule has 2 aromatic rings. The molecule has 0 spiro atoms. The number of aromatic nitrogens is 3. The normalized spacial score (nSPS) is 17.6. The molecular weight excluding hydrogens is 258 g/mol. The molecule has 0 radical (unpaired) electrons. The summed E-state index contributed by atoms with van der Waals surface area (Å²) < 4.78 is 2.10. The van der Waals surface area contributed by atoms with Crippen LogP contribution in [-0.4, -0.2) is 20.5 Å². The Morgan fingerprint density at radius 3 is 2.63 bits per heavy atom. The first-order valence-electron chi connectivity index (χ1n) is 6.42. The Hall–Kier alpha value is -1.49. The van der Waals surface area contributed by atoms with Crippen LogP contribution in [0.4, 0.5) is 0 Å². The van der Waals surface area contributed by atoms with Crippen LogP contribution < -0.4 is 0 Å². The minimum Gasteiger partial charge on any atom is -0.294 e. The summed E-state index contributed by atoms with van der Waals surface area (Å²) >= 11 is 1.56. The van der Waals surface area contributed by atoms with E-state index >= 15 is 0 Å². The Morgan fingerprint density at radius 2 is 2.00 bits per heavy atom. The number of carbonyl (C=O) groups is 1. The first-order valence-corrected chi connectivity index (χ1v) is 7.24. The number of carbonyl (C=O) groups excluding carboxylic acids is 1. The number of aryl methyl sites for hydroxylation is 2. The highest BCUT2D eigenvalue weighted by Gasteiger charge is 2.34. The van der Waals surface area contributed by atoms with E-state index in [1.807, 2.05) is 19.9 Å². The quantitative estimate of drug-likeness (QED) is 0.803. The largest absolute Gasteiger partial charge is 0.294 e. The third-order valence-electron chi connectivity index (χ3n) is 3.58. The number of rotatable bonds is 1. The molecule has 5 heteroatoms. The van der Waals surface area contributed by atoms with Crippen LogP contribution in [0.3, 0.4) is 0 Å². The fourth-order valence-electron chi connectivity index (χ4n) is 2.79. The Morgan fingerprint density at radius 1 is 1.26 bits per heavy atom. The molecule has 0 unspecified atom stereocenters. The second-order valence-corrected chi connectivity index (χ2v) is 7.19. The smallest absolute Gasteiger partial charge is 0.216 e. The number of fused-ring (bicyclic) bond motifs is 1. The molecule has 19 heavy (non-hydrogen) atoms. The monoisotopic (exact) mass is 275 g/mol. The Bertz CT molecular complexity index is 666. The van der Waals surface area contributed by atoms with Gasteiger partial charge in [-0.1, -0.05) is 25.2 Å². The molecule has 0 atom stereocenters. The topological polar surface area (TPSA) is 47.8 Å². The number of Topliss-reactive ketones (excluding diaryl/α,β-unsaturated/α-hetero) is 1. The van der Waals surface area contributed by atoms with E-state index in [-0.39, 0.29) is 11.2 Å². The van der Waals surface area contributed by atoms with E-state index in [0.29, 0.717) is 6.42 Å². The zero-order valence-corrected chi connectivity index (χ0v) is 12.5. The zero-order valence-electron chi connectivity index (χ0n) is 11.6. The summed E-state index contributed by atoms with van der Waals surface area (Å²) in [5.74, 6) is 0.245. The van der Waals surface area contributed by atoms with Crippen LogP contribution in [-0.2, 0) is 6.42 Å². The summed E-state index contributed by atoms with van der Waals surface area (Å²) in [6, 6.07) is 1.99. The van der Waals surface area contributed by atoms with Crippen molar-refractivity contribution in [1.29, 1.82) is 0 Å². The molecule has 2 aromatic heterocycles. The average Bonchev–Trinajstić information content (AvgIpc) is 2.81. The van der Waals surface area contributed by atoms with Gasteiger partial charge in [0, 0.05) is 23.4 Å². The van der Waals surface area contributed by atoms with E-state index in [9.17, 15) is 4.79 Å². The third kappa shape index (κ3) is 2.02. The molecule has 1 aliphatic carbocycles. The molecule has 0 amide bonds. The Kier molecular flexibility index (Phi) is 2.64. The van der Waals surface area contributed by atoms with Gasteiger partial charge in [0.1, 0.15) is 5.01 Å². The molecule has 0 bridgehead atoms. The van der Waals surface area contributed by atoms with E-state index in [1.165, 1.54) is 0 Å². The SMILES string of the molecule is Cc1nnc(-n2c(C)cc3c2CC(C)(C)CC3=O)s1. The lowest BCUT2D eigenvalue weighted by molar-refractivity contribution is 0.0911. The Balaban J connectivity index is 2.20. The van der Waals surface area contributed by atoms with Gasteiger partial charge in [-0.3, -0.25) is 9.36 Å². The zero-order chi connectivity index (χ0) is 13.8. The fraction of sp³-hybridized carbons (Fsp3) is 0.500. The molecule has 0 saturated carbocycles. The molecule has 0 fully saturated rings. The lowest BCUT2D eigenvalue weighted by atomic mass is 9.76. The van der Waals surface area contributed by atoms with Gasteiger partial charge in [-0.15, -0.1) is 10.2 Å². The molecule has 0 aliphatic heterocycles. The second kappa shape index (κ2) is 4.00. The first kappa shape index (κ1) is 12.5. The van der Waals surface area contributed by atoms with Crippen molar-refractivity contribution in [3.63, 3.8) is 0 Å². The van der Waals surface area contributed by atoms with Crippen molar-refractivity contribution < 1.29 is 4.79 Å². The van der Waals surface area contributed by atoms with Crippen LogP contribution in [0.1, 0.15) is 47.0 Å². The van der Waals surface area contributed by atoms with Crippen LogP contribution in [0.2, 0.25) is 0 Å². The highest BCUT2D eigenvalue weighted by atomic mass is 32.1. The van der Waals surface area contributed by atoms with Gasteiger partial charge >= 0.3 is 0 Å². The highest BCUT2D eigenvalue weighted by Crippen LogP contribution is 2.37. The van der Waals surface area contributed by atoms with Gasteiger partial charge in [-0.2, -0.15) is 0 Å². The average molecular weight is 275 g/mol. The molecule has 4 nitrogen and oxygen atoms in total. The number of nitrogens with zero attached hydrogens (tertiary/aromatic N) is 3. The van der Waals surface area contributed by atoms with Gasteiger partial charge < -0.3 is 0 Å². The van der Waals surface area contributed by atoms with Crippen LogP contribution in [0.15, 0.2) is 6.07 Å². The fourth-order valence-corrected chi connectivity index (χ4v) is 3.57.